The second-order valence-corrected chi connectivity index (χ2v) is 10.1. The lowest BCUT2D eigenvalue weighted by molar-refractivity contribution is -0.135. The van der Waals surface area contributed by atoms with Crippen molar-refractivity contribution < 1.29 is 18.7 Å². The van der Waals surface area contributed by atoms with Gasteiger partial charge in [-0.2, -0.15) is 0 Å². The SMILES string of the molecule is Cc1ccc(NC(=O)N(CC(=O)N2CCc3sccc3C2COc2cccc(F)c2)C2CC2)cc1. The standard InChI is InChI=1S/C27H28FN3O3S/c1-18-5-7-20(8-6-18)29-27(33)31(21-9-10-21)16-26(32)30-13-11-25-23(12-14-35-25)24(30)17-34-22-4-2-3-19(28)15-22/h2-8,12,14-15,21,24H,9-11,13,16-17H2,1H3,(H,29,33). The number of carbonyl (C=O) groups is 2. The van der Waals surface area contributed by atoms with E-state index in [0.717, 1.165) is 30.4 Å². The number of ether oxygens (including phenoxy) is 1. The summed E-state index contributed by atoms with van der Waals surface area (Å²) < 4.78 is 19.5. The van der Waals surface area contributed by atoms with E-state index in [4.69, 9.17) is 4.74 Å². The topological polar surface area (TPSA) is 61.9 Å². The number of nitrogens with zero attached hydrogens (tertiary/aromatic N) is 2. The van der Waals surface area contributed by atoms with Gasteiger partial charge in [0.05, 0.1) is 6.04 Å². The Bertz CT molecular complexity index is 1210. The van der Waals surface area contributed by atoms with Gasteiger partial charge < -0.3 is 19.9 Å². The van der Waals surface area contributed by atoms with Crippen molar-refractivity contribution in [2.24, 2.45) is 0 Å². The number of rotatable bonds is 7. The third-order valence-corrected chi connectivity index (χ3v) is 7.47. The Labute approximate surface area is 208 Å². The first-order valence-corrected chi connectivity index (χ1v) is 12.7. The summed E-state index contributed by atoms with van der Waals surface area (Å²) in [7, 11) is 0. The van der Waals surface area contributed by atoms with E-state index in [0.29, 0.717) is 18.0 Å². The minimum Gasteiger partial charge on any atom is -0.491 e. The first kappa shape index (κ1) is 23.4. The van der Waals surface area contributed by atoms with Crippen LogP contribution < -0.4 is 10.1 Å². The Morgan fingerprint density at radius 3 is 2.71 bits per heavy atom. The second kappa shape index (κ2) is 10.1. The molecule has 3 aromatic rings. The van der Waals surface area contributed by atoms with E-state index in [9.17, 15) is 14.0 Å². The van der Waals surface area contributed by atoms with Gasteiger partial charge in [-0.05, 0) is 67.5 Å². The minimum absolute atomic E-state index is 0.0122. The molecule has 1 N–H and O–H groups in total. The number of fused-ring (bicyclic) bond motifs is 1. The highest BCUT2D eigenvalue weighted by atomic mass is 32.1. The lowest BCUT2D eigenvalue weighted by atomic mass is 10.0. The highest BCUT2D eigenvalue weighted by Crippen LogP contribution is 2.35. The summed E-state index contributed by atoms with van der Waals surface area (Å²) in [5.74, 6) is -0.0487. The fourth-order valence-electron chi connectivity index (χ4n) is 4.43. The molecule has 0 bridgehead atoms. The molecule has 1 aliphatic carbocycles. The molecule has 1 unspecified atom stereocenters. The van der Waals surface area contributed by atoms with Crippen LogP contribution in [-0.2, 0) is 11.2 Å². The fraction of sp³-hybridized carbons (Fsp3) is 0.333. The van der Waals surface area contributed by atoms with E-state index < -0.39 is 0 Å². The highest BCUT2D eigenvalue weighted by Gasteiger charge is 2.38. The zero-order chi connectivity index (χ0) is 24.4. The Morgan fingerprint density at radius 2 is 1.97 bits per heavy atom. The molecule has 8 heteroatoms. The summed E-state index contributed by atoms with van der Waals surface area (Å²) in [6.45, 7) is 2.78. The molecule has 1 aliphatic heterocycles. The number of urea groups is 1. The van der Waals surface area contributed by atoms with E-state index in [1.807, 2.05) is 47.5 Å². The number of halogens is 1. The number of thiophene rings is 1. The highest BCUT2D eigenvalue weighted by molar-refractivity contribution is 7.10. The molecule has 182 valence electrons. The van der Waals surface area contributed by atoms with Crippen molar-refractivity contribution in [3.8, 4) is 5.75 Å². The van der Waals surface area contributed by atoms with E-state index in [-0.39, 0.29) is 43.0 Å². The Kier molecular flexibility index (Phi) is 6.72. The largest absolute Gasteiger partial charge is 0.491 e. The van der Waals surface area contributed by atoms with Gasteiger partial charge in [0, 0.05) is 29.2 Å². The predicted molar refractivity (Wildman–Crippen MR) is 134 cm³/mol. The molecule has 1 atom stereocenters. The van der Waals surface area contributed by atoms with Gasteiger partial charge in [-0.15, -0.1) is 11.3 Å². The number of aryl methyl sites for hydroxylation is 1. The molecule has 5 rings (SSSR count). The van der Waals surface area contributed by atoms with Crippen LogP contribution in [0.4, 0.5) is 14.9 Å². The quantitative estimate of drug-likeness (QED) is 0.480. The third kappa shape index (κ3) is 5.48. The number of anilines is 1. The van der Waals surface area contributed by atoms with Crippen molar-refractivity contribution in [2.75, 3.05) is 25.0 Å². The number of hydrogen-bond acceptors (Lipinski definition) is 4. The normalized spacial score (nSPS) is 17.0. The zero-order valence-corrected chi connectivity index (χ0v) is 20.4. The molecule has 3 amide bonds. The molecule has 1 fully saturated rings. The smallest absolute Gasteiger partial charge is 0.322 e. The average molecular weight is 494 g/mol. The molecule has 35 heavy (non-hydrogen) atoms. The van der Waals surface area contributed by atoms with Crippen LogP contribution >= 0.6 is 11.3 Å². The monoisotopic (exact) mass is 493 g/mol. The van der Waals surface area contributed by atoms with Gasteiger partial charge in [0.25, 0.3) is 0 Å². The molecule has 2 heterocycles. The van der Waals surface area contributed by atoms with Gasteiger partial charge in [-0.1, -0.05) is 23.8 Å². The number of hydrogen-bond donors (Lipinski definition) is 1. The lowest BCUT2D eigenvalue weighted by Gasteiger charge is -2.37. The van der Waals surface area contributed by atoms with Crippen LogP contribution in [0.1, 0.15) is 34.9 Å². The van der Waals surface area contributed by atoms with Crippen molar-refractivity contribution in [3.05, 3.63) is 81.8 Å². The van der Waals surface area contributed by atoms with E-state index >= 15 is 0 Å². The van der Waals surface area contributed by atoms with Crippen molar-refractivity contribution in [3.63, 3.8) is 0 Å². The van der Waals surface area contributed by atoms with Crippen LogP contribution in [0, 0.1) is 12.7 Å². The predicted octanol–water partition coefficient (Wildman–Crippen LogP) is 5.40. The molecule has 0 radical (unpaired) electrons. The Morgan fingerprint density at radius 1 is 1.17 bits per heavy atom. The molecule has 1 saturated carbocycles. The average Bonchev–Trinajstić information content (AvgIpc) is 3.57. The maximum absolute atomic E-state index is 13.6. The van der Waals surface area contributed by atoms with Gasteiger partial charge in [0.2, 0.25) is 5.91 Å². The summed E-state index contributed by atoms with van der Waals surface area (Å²) in [4.78, 5) is 31.3. The molecule has 2 aliphatic rings. The van der Waals surface area contributed by atoms with Gasteiger partial charge in [0.15, 0.2) is 0 Å². The van der Waals surface area contributed by atoms with Crippen LogP contribution in [0.25, 0.3) is 0 Å². The lowest BCUT2D eigenvalue weighted by Crippen LogP contribution is -2.49. The van der Waals surface area contributed by atoms with Crippen LogP contribution in [-0.4, -0.2) is 47.5 Å². The van der Waals surface area contributed by atoms with E-state index in [1.165, 1.54) is 17.0 Å². The Balaban J connectivity index is 1.30. The van der Waals surface area contributed by atoms with Gasteiger partial charge in [-0.25, -0.2) is 9.18 Å². The van der Waals surface area contributed by atoms with Crippen LogP contribution in [0.5, 0.6) is 5.75 Å². The maximum atomic E-state index is 13.6. The van der Waals surface area contributed by atoms with Crippen molar-refractivity contribution in [2.45, 2.75) is 38.3 Å². The van der Waals surface area contributed by atoms with Crippen molar-refractivity contribution in [1.29, 1.82) is 0 Å². The molecule has 0 saturated heterocycles. The minimum atomic E-state index is -0.366. The molecule has 0 spiro atoms. The van der Waals surface area contributed by atoms with Crippen LogP contribution in [0.3, 0.4) is 0 Å². The zero-order valence-electron chi connectivity index (χ0n) is 19.6. The number of benzene rings is 2. The van der Waals surface area contributed by atoms with Crippen molar-refractivity contribution >= 4 is 29.0 Å². The summed E-state index contributed by atoms with van der Waals surface area (Å²) in [6.07, 6.45) is 2.57. The first-order chi connectivity index (χ1) is 17.0. The first-order valence-electron chi connectivity index (χ1n) is 11.9. The van der Waals surface area contributed by atoms with Gasteiger partial charge in [0.1, 0.15) is 24.7 Å². The molecule has 2 aromatic carbocycles. The van der Waals surface area contributed by atoms with Crippen LogP contribution in [0.15, 0.2) is 60.0 Å². The van der Waals surface area contributed by atoms with Crippen LogP contribution in [0.2, 0.25) is 0 Å². The number of carbonyl (C=O) groups excluding carboxylic acids is 2. The fourth-order valence-corrected chi connectivity index (χ4v) is 5.36. The summed E-state index contributed by atoms with van der Waals surface area (Å²) in [5.41, 5.74) is 2.88. The Hall–Kier alpha value is -3.39. The van der Waals surface area contributed by atoms with Gasteiger partial charge >= 0.3 is 6.03 Å². The molecule has 1 aromatic heterocycles. The summed E-state index contributed by atoms with van der Waals surface area (Å²) in [6, 6.07) is 15.2. The van der Waals surface area contributed by atoms with E-state index in [2.05, 4.69) is 5.32 Å². The number of amides is 3. The maximum Gasteiger partial charge on any atom is 0.322 e. The van der Waals surface area contributed by atoms with Crippen molar-refractivity contribution in [1.82, 2.24) is 9.80 Å². The summed E-state index contributed by atoms with van der Waals surface area (Å²) in [5, 5.41) is 4.96. The molecule has 6 nitrogen and oxygen atoms in total. The van der Waals surface area contributed by atoms with Gasteiger partial charge in [-0.3, -0.25) is 4.79 Å². The van der Waals surface area contributed by atoms with E-state index in [1.54, 1.807) is 28.4 Å². The second-order valence-electron chi connectivity index (χ2n) is 9.08. The summed E-state index contributed by atoms with van der Waals surface area (Å²) >= 11 is 1.67. The molecular formula is C27H28FN3O3S. The number of nitrogens with one attached hydrogen (secondary N) is 1. The molecular weight excluding hydrogens is 465 g/mol. The third-order valence-electron chi connectivity index (χ3n) is 6.48.